The van der Waals surface area contributed by atoms with E-state index in [1.807, 2.05) is 30.3 Å². The predicted molar refractivity (Wildman–Crippen MR) is 147 cm³/mol. The number of nitrogens with zero attached hydrogens (tertiary/aromatic N) is 3. The van der Waals surface area contributed by atoms with Crippen LogP contribution in [0.3, 0.4) is 0 Å². The van der Waals surface area contributed by atoms with Crippen molar-refractivity contribution in [3.63, 3.8) is 0 Å². The SMILES string of the molecule is Cc1cccc2cc(/C=C3\SC(=S)N(Cc4ccccc4Cl)C3=O)c(N3CCC(C)CC3)nc12. The van der Waals surface area contributed by atoms with Gasteiger partial charge in [-0.1, -0.05) is 78.9 Å². The number of rotatable bonds is 4. The summed E-state index contributed by atoms with van der Waals surface area (Å²) in [4.78, 5) is 23.1. The smallest absolute Gasteiger partial charge is 0.266 e. The van der Waals surface area contributed by atoms with Gasteiger partial charge in [0.25, 0.3) is 5.91 Å². The van der Waals surface area contributed by atoms with Crippen LogP contribution in [-0.4, -0.2) is 33.2 Å². The first-order valence-electron chi connectivity index (χ1n) is 11.5. The lowest BCUT2D eigenvalue weighted by atomic mass is 9.98. The molecule has 3 heterocycles. The molecule has 0 spiro atoms. The van der Waals surface area contributed by atoms with Gasteiger partial charge >= 0.3 is 0 Å². The standard InChI is InChI=1S/C27H26ClN3OS2/c1-17-10-12-30(13-11-17)25-21(14-19-8-5-6-18(2)24(19)29-25)15-23-26(32)31(27(33)34-23)16-20-7-3-4-9-22(20)28/h3-9,14-15,17H,10-13,16H2,1-2H3/b23-15-. The molecule has 5 rings (SSSR count). The van der Waals surface area contributed by atoms with Crippen molar-refractivity contribution in [3.8, 4) is 0 Å². The van der Waals surface area contributed by atoms with Gasteiger partial charge in [0.15, 0.2) is 0 Å². The van der Waals surface area contributed by atoms with E-state index in [1.54, 1.807) is 4.90 Å². The second kappa shape index (κ2) is 9.68. The maximum atomic E-state index is 13.4. The fourth-order valence-corrected chi connectivity index (χ4v) is 5.95. The van der Waals surface area contributed by atoms with E-state index in [2.05, 4.69) is 43.0 Å². The third-order valence-electron chi connectivity index (χ3n) is 6.59. The number of amides is 1. The van der Waals surface area contributed by atoms with Crippen molar-refractivity contribution in [3.05, 3.63) is 75.1 Å². The molecule has 0 saturated carbocycles. The molecule has 7 heteroatoms. The zero-order chi connectivity index (χ0) is 23.8. The number of benzene rings is 2. The largest absolute Gasteiger partial charge is 0.356 e. The fourth-order valence-electron chi connectivity index (χ4n) is 4.51. The van der Waals surface area contributed by atoms with Crippen LogP contribution in [0.15, 0.2) is 53.4 Å². The van der Waals surface area contributed by atoms with Gasteiger partial charge in [0.1, 0.15) is 10.1 Å². The highest BCUT2D eigenvalue weighted by Gasteiger charge is 2.33. The zero-order valence-electron chi connectivity index (χ0n) is 19.3. The molecule has 0 bridgehead atoms. The van der Waals surface area contributed by atoms with E-state index in [-0.39, 0.29) is 5.91 Å². The molecular formula is C27H26ClN3OS2. The summed E-state index contributed by atoms with van der Waals surface area (Å²) < 4.78 is 0.550. The molecule has 2 aliphatic heterocycles. The summed E-state index contributed by atoms with van der Waals surface area (Å²) in [6, 6.07) is 15.9. The van der Waals surface area contributed by atoms with E-state index in [1.165, 1.54) is 11.8 Å². The highest BCUT2D eigenvalue weighted by Crippen LogP contribution is 2.37. The molecule has 4 nitrogen and oxygen atoms in total. The predicted octanol–water partition coefficient (Wildman–Crippen LogP) is 6.83. The summed E-state index contributed by atoms with van der Waals surface area (Å²) >= 11 is 13.3. The minimum atomic E-state index is -0.0857. The van der Waals surface area contributed by atoms with Gasteiger partial charge in [0, 0.05) is 29.1 Å². The van der Waals surface area contributed by atoms with Crippen molar-refractivity contribution in [1.29, 1.82) is 0 Å². The Morgan fingerprint density at radius 3 is 2.71 bits per heavy atom. The van der Waals surface area contributed by atoms with Crippen LogP contribution < -0.4 is 4.90 Å². The number of hydrogen-bond donors (Lipinski definition) is 0. The summed E-state index contributed by atoms with van der Waals surface area (Å²) in [5.41, 5.74) is 4.01. The average molecular weight is 508 g/mol. The van der Waals surface area contributed by atoms with Crippen LogP contribution in [0.5, 0.6) is 0 Å². The maximum absolute atomic E-state index is 13.4. The second-order valence-electron chi connectivity index (χ2n) is 9.08. The Labute approximate surface area is 215 Å². The molecule has 2 saturated heterocycles. The number of aromatic nitrogens is 1. The molecule has 2 aliphatic rings. The lowest BCUT2D eigenvalue weighted by molar-refractivity contribution is -0.122. The van der Waals surface area contributed by atoms with Crippen molar-refractivity contribution >= 4 is 68.6 Å². The summed E-state index contributed by atoms with van der Waals surface area (Å²) in [7, 11) is 0. The normalized spacial score (nSPS) is 18.5. The van der Waals surface area contributed by atoms with Crippen LogP contribution in [0.1, 0.15) is 36.5 Å². The molecule has 0 aliphatic carbocycles. The number of anilines is 1. The number of thioether (sulfide) groups is 1. The Bertz CT molecular complexity index is 1310. The quantitative estimate of drug-likeness (QED) is 0.285. The summed E-state index contributed by atoms with van der Waals surface area (Å²) in [5, 5.41) is 1.71. The van der Waals surface area contributed by atoms with Crippen LogP contribution in [0, 0.1) is 12.8 Å². The molecule has 2 aromatic carbocycles. The van der Waals surface area contributed by atoms with Gasteiger partial charge in [-0.15, -0.1) is 0 Å². The number of piperidine rings is 1. The lowest BCUT2D eigenvalue weighted by Crippen LogP contribution is -2.34. The second-order valence-corrected chi connectivity index (χ2v) is 11.2. The van der Waals surface area contributed by atoms with Gasteiger partial charge < -0.3 is 4.90 Å². The lowest BCUT2D eigenvalue weighted by Gasteiger charge is -2.32. The van der Waals surface area contributed by atoms with Crippen molar-refractivity contribution in [1.82, 2.24) is 9.88 Å². The van der Waals surface area contributed by atoms with Crippen molar-refractivity contribution in [2.24, 2.45) is 5.92 Å². The van der Waals surface area contributed by atoms with E-state index >= 15 is 0 Å². The Kier molecular flexibility index (Phi) is 6.65. The molecule has 0 atom stereocenters. The van der Waals surface area contributed by atoms with Gasteiger partial charge in [-0.25, -0.2) is 4.98 Å². The third kappa shape index (κ3) is 4.59. The summed E-state index contributed by atoms with van der Waals surface area (Å²) in [6.45, 7) is 6.71. The maximum Gasteiger partial charge on any atom is 0.266 e. The highest BCUT2D eigenvalue weighted by molar-refractivity contribution is 8.26. The first-order chi connectivity index (χ1) is 16.4. The van der Waals surface area contributed by atoms with Crippen LogP contribution in [0.4, 0.5) is 5.82 Å². The van der Waals surface area contributed by atoms with Crippen LogP contribution in [0.25, 0.3) is 17.0 Å². The van der Waals surface area contributed by atoms with Crippen LogP contribution >= 0.6 is 35.6 Å². The van der Waals surface area contributed by atoms with Gasteiger partial charge in [-0.05, 0) is 55.0 Å². The molecule has 3 aromatic rings. The van der Waals surface area contributed by atoms with Crippen molar-refractivity contribution in [2.45, 2.75) is 33.2 Å². The Hall–Kier alpha value is -2.41. The number of para-hydroxylation sites is 1. The van der Waals surface area contributed by atoms with E-state index < -0.39 is 0 Å². The number of carbonyl (C=O) groups excluding carboxylic acids is 1. The average Bonchev–Trinajstić information content (AvgIpc) is 3.08. The molecule has 2 fully saturated rings. The minimum Gasteiger partial charge on any atom is -0.356 e. The van der Waals surface area contributed by atoms with E-state index in [9.17, 15) is 4.79 Å². The molecule has 0 radical (unpaired) electrons. The molecule has 1 aromatic heterocycles. The Morgan fingerprint density at radius 1 is 1.18 bits per heavy atom. The molecule has 0 N–H and O–H groups in total. The molecule has 34 heavy (non-hydrogen) atoms. The number of carbonyl (C=O) groups is 1. The zero-order valence-corrected chi connectivity index (χ0v) is 21.6. The van der Waals surface area contributed by atoms with Gasteiger partial charge in [0.05, 0.1) is 17.0 Å². The van der Waals surface area contributed by atoms with Crippen LogP contribution in [0.2, 0.25) is 5.02 Å². The number of hydrogen-bond acceptors (Lipinski definition) is 5. The fraction of sp³-hybridized carbons (Fsp3) is 0.296. The summed E-state index contributed by atoms with van der Waals surface area (Å²) in [5.74, 6) is 1.59. The highest BCUT2D eigenvalue weighted by atomic mass is 35.5. The number of thiocarbonyl (C=S) groups is 1. The topological polar surface area (TPSA) is 36.4 Å². The van der Waals surface area contributed by atoms with Gasteiger partial charge in [-0.2, -0.15) is 0 Å². The van der Waals surface area contributed by atoms with Crippen molar-refractivity contribution in [2.75, 3.05) is 18.0 Å². The van der Waals surface area contributed by atoms with E-state index in [0.717, 1.165) is 65.3 Å². The molecular weight excluding hydrogens is 482 g/mol. The molecule has 0 unspecified atom stereocenters. The molecule has 174 valence electrons. The van der Waals surface area contributed by atoms with E-state index in [4.69, 9.17) is 28.8 Å². The van der Waals surface area contributed by atoms with Gasteiger partial charge in [-0.3, -0.25) is 9.69 Å². The third-order valence-corrected chi connectivity index (χ3v) is 8.33. The number of pyridine rings is 1. The Balaban J connectivity index is 1.52. The first-order valence-corrected chi connectivity index (χ1v) is 13.1. The van der Waals surface area contributed by atoms with Crippen molar-refractivity contribution < 1.29 is 4.79 Å². The number of fused-ring (bicyclic) bond motifs is 1. The Morgan fingerprint density at radius 2 is 1.94 bits per heavy atom. The van der Waals surface area contributed by atoms with Crippen LogP contribution in [-0.2, 0) is 11.3 Å². The number of aryl methyl sites for hydroxylation is 1. The monoisotopic (exact) mass is 507 g/mol. The van der Waals surface area contributed by atoms with Gasteiger partial charge in [0.2, 0.25) is 0 Å². The minimum absolute atomic E-state index is 0.0857. The van der Waals surface area contributed by atoms with E-state index in [0.29, 0.717) is 20.8 Å². The summed E-state index contributed by atoms with van der Waals surface area (Å²) in [6.07, 6.45) is 4.26. The number of halogens is 1. The molecule has 1 amide bonds. The first kappa shape index (κ1) is 23.3.